The number of phosphoric ester groups is 1. The van der Waals surface area contributed by atoms with Crippen LogP contribution in [0, 0.1) is 0 Å². The Hall–Kier alpha value is 2.69. The summed E-state index contributed by atoms with van der Waals surface area (Å²) < 4.78 is 13.2. The van der Waals surface area contributed by atoms with E-state index in [4.69, 9.17) is 25.5 Å². The summed E-state index contributed by atoms with van der Waals surface area (Å²) in [4.78, 5) is 30.8. The molecule has 0 aliphatic carbocycles. The average Bonchev–Trinajstić information content (AvgIpc) is 2.22. The van der Waals surface area contributed by atoms with Crippen LogP contribution in [0.2, 0.25) is 0 Å². The van der Waals surface area contributed by atoms with Crippen molar-refractivity contribution in [2.75, 3.05) is 6.61 Å². The Kier molecular flexibility index (Phi) is 17.0. The van der Waals surface area contributed by atoms with E-state index in [2.05, 4.69) is 4.52 Å². The van der Waals surface area contributed by atoms with Crippen LogP contribution in [-0.4, -0.2) is 62.5 Å². The normalized spacial score (nSPS) is 17.2. The van der Waals surface area contributed by atoms with E-state index < -0.39 is 44.8 Å². The number of aliphatic hydroxyl groups is 5. The van der Waals surface area contributed by atoms with E-state index in [9.17, 15) is 19.1 Å². The smallest absolute Gasteiger partial charge is 0.780 e. The van der Waals surface area contributed by atoms with Gasteiger partial charge >= 0.3 is 109 Å². The predicted octanol–water partition coefficient (Wildman–Crippen LogP) is -11.2. The van der Waals surface area contributed by atoms with Gasteiger partial charge in [-0.25, -0.2) is 4.79 Å². The molecule has 0 aliphatic rings. The third kappa shape index (κ3) is 11.0. The molecule has 0 rings (SSSR count). The van der Waals surface area contributed by atoms with Gasteiger partial charge < -0.3 is 44.4 Å². The zero-order valence-electron chi connectivity index (χ0n) is 10.2. The fourth-order valence-electron chi connectivity index (χ4n) is 0.826. The number of phosphoric acid groups is 1. The SMILES string of the molecule is O=C(OP(=O)([O-])[O-])[C@H](O)[C@@H](O)[C@H](O)[C@H](O)CO.[K+].[K+]. The van der Waals surface area contributed by atoms with Crippen molar-refractivity contribution in [1.29, 1.82) is 0 Å². The van der Waals surface area contributed by atoms with E-state index in [1.54, 1.807) is 0 Å². The van der Waals surface area contributed by atoms with E-state index in [0.717, 1.165) is 0 Å². The summed E-state index contributed by atoms with van der Waals surface area (Å²) in [5.74, 6) is -2.00. The first-order valence-corrected chi connectivity index (χ1v) is 5.65. The number of carbonyl (C=O) groups excluding carboxylic acids is 1. The maximum Gasteiger partial charge on any atom is 1.00 e. The molecule has 5 N–H and O–H groups in total. The van der Waals surface area contributed by atoms with Gasteiger partial charge in [-0.3, -0.25) is 0 Å². The molecule has 0 bridgehead atoms. The molecule has 0 aromatic rings. The van der Waals surface area contributed by atoms with Crippen LogP contribution in [-0.2, 0) is 13.9 Å². The minimum atomic E-state index is -5.69. The predicted molar refractivity (Wildman–Crippen MR) is 44.8 cm³/mol. The number of hydrogen-bond acceptors (Lipinski definition) is 10. The molecular weight excluding hydrogens is 341 g/mol. The van der Waals surface area contributed by atoms with Gasteiger partial charge in [0.25, 0.3) is 0 Å². The minimum absolute atomic E-state index is 0. The van der Waals surface area contributed by atoms with Gasteiger partial charge in [-0.1, -0.05) is 0 Å². The van der Waals surface area contributed by atoms with Gasteiger partial charge in [-0.05, 0) is 0 Å². The summed E-state index contributed by atoms with van der Waals surface area (Å²) in [5, 5.41) is 44.4. The molecule has 0 heterocycles. The molecule has 0 aliphatic heterocycles. The molecule has 0 radical (unpaired) electrons. The molecule has 19 heavy (non-hydrogen) atoms. The Morgan fingerprint density at radius 1 is 1.11 bits per heavy atom. The topological polar surface area (TPSA) is 191 Å². The molecule has 0 saturated carbocycles. The Bertz CT molecular complexity index is 308. The first-order chi connectivity index (χ1) is 7.60. The van der Waals surface area contributed by atoms with Crippen LogP contribution in [0.5, 0.6) is 0 Å². The van der Waals surface area contributed by atoms with E-state index in [1.807, 2.05) is 0 Å². The van der Waals surface area contributed by atoms with Crippen LogP contribution in [0.25, 0.3) is 0 Å². The Labute approximate surface area is 193 Å². The van der Waals surface area contributed by atoms with E-state index in [0.29, 0.717) is 0 Å². The average molecular weight is 352 g/mol. The quantitative estimate of drug-likeness (QED) is 0.226. The summed E-state index contributed by atoms with van der Waals surface area (Å²) in [6.07, 6.45) is -8.92. The maximum absolute atomic E-state index is 10.8. The van der Waals surface area contributed by atoms with Crippen LogP contribution in [0.3, 0.4) is 0 Å². The van der Waals surface area contributed by atoms with Crippen molar-refractivity contribution in [2.45, 2.75) is 24.4 Å². The van der Waals surface area contributed by atoms with Gasteiger partial charge in [-0.15, -0.1) is 0 Å². The van der Waals surface area contributed by atoms with Crippen molar-refractivity contribution in [3.05, 3.63) is 0 Å². The van der Waals surface area contributed by atoms with Crippen molar-refractivity contribution in [2.24, 2.45) is 0 Å². The molecule has 13 heteroatoms. The third-order valence-corrected chi connectivity index (χ3v) is 2.10. The van der Waals surface area contributed by atoms with Gasteiger partial charge in [-0.2, -0.15) is 0 Å². The molecule has 0 amide bonds. The van der Waals surface area contributed by atoms with Crippen LogP contribution in [0.15, 0.2) is 0 Å². The van der Waals surface area contributed by atoms with Crippen LogP contribution in [0.1, 0.15) is 0 Å². The number of rotatable bonds is 6. The fraction of sp³-hybridized carbons (Fsp3) is 0.833. The first-order valence-electron chi connectivity index (χ1n) is 4.18. The summed E-state index contributed by atoms with van der Waals surface area (Å²) in [7, 11) is -5.69. The Morgan fingerprint density at radius 2 is 1.53 bits per heavy atom. The second-order valence-electron chi connectivity index (χ2n) is 3.03. The van der Waals surface area contributed by atoms with Crippen LogP contribution >= 0.6 is 7.82 Å². The third-order valence-electron chi connectivity index (χ3n) is 1.70. The van der Waals surface area contributed by atoms with Crippen molar-refractivity contribution in [3.63, 3.8) is 0 Å². The second kappa shape index (κ2) is 12.2. The van der Waals surface area contributed by atoms with Crippen LogP contribution in [0.4, 0.5) is 0 Å². The summed E-state index contributed by atoms with van der Waals surface area (Å²) in [6.45, 7) is -0.985. The summed E-state index contributed by atoms with van der Waals surface area (Å²) in [6, 6.07) is 0. The zero-order chi connectivity index (χ0) is 13.8. The molecular formula is C6H11K2O10P. The van der Waals surface area contributed by atoms with Crippen LogP contribution < -0.4 is 113 Å². The molecule has 0 fully saturated rings. The van der Waals surface area contributed by atoms with E-state index >= 15 is 0 Å². The van der Waals surface area contributed by atoms with E-state index in [1.165, 1.54) is 0 Å². The van der Waals surface area contributed by atoms with E-state index in [-0.39, 0.29) is 103 Å². The second-order valence-corrected chi connectivity index (χ2v) is 4.11. The molecule has 0 aromatic heterocycles. The maximum atomic E-state index is 10.8. The molecule has 0 saturated heterocycles. The zero-order valence-corrected chi connectivity index (χ0v) is 17.4. The Balaban J connectivity index is -0.00000128. The van der Waals surface area contributed by atoms with Gasteiger partial charge in [0.05, 0.1) is 6.61 Å². The molecule has 102 valence electrons. The molecule has 0 spiro atoms. The van der Waals surface area contributed by atoms with Gasteiger partial charge in [0.1, 0.15) is 26.1 Å². The summed E-state index contributed by atoms with van der Waals surface area (Å²) >= 11 is 0. The molecule has 10 nitrogen and oxygen atoms in total. The standard InChI is InChI=1S/C6H13O10P.2K/c7-1-2(8)3(9)4(10)5(11)6(12)16-17(13,14)15;;/h2-5,7-11H,1H2,(H2,13,14,15);;/q;2*+1/p-2/t2-,3-,4+,5-;;/m1../s1. The Morgan fingerprint density at radius 3 is 1.84 bits per heavy atom. The minimum Gasteiger partial charge on any atom is -0.780 e. The number of carbonyl (C=O) groups is 1. The van der Waals surface area contributed by atoms with Gasteiger partial charge in [0, 0.05) is 0 Å². The van der Waals surface area contributed by atoms with Crippen molar-refractivity contribution in [1.82, 2.24) is 0 Å². The fourth-order valence-corrected chi connectivity index (χ4v) is 1.15. The largest absolute Gasteiger partial charge is 1.00 e. The number of hydrogen-bond donors (Lipinski definition) is 5. The van der Waals surface area contributed by atoms with Crippen molar-refractivity contribution < 1.29 is 152 Å². The molecule has 0 aromatic carbocycles. The monoisotopic (exact) mass is 352 g/mol. The number of aliphatic hydroxyl groups excluding tert-OH is 5. The van der Waals surface area contributed by atoms with Gasteiger partial charge in [0.15, 0.2) is 6.10 Å². The molecule has 0 unspecified atom stereocenters. The molecule has 4 atom stereocenters. The summed E-state index contributed by atoms with van der Waals surface area (Å²) in [5.41, 5.74) is 0. The van der Waals surface area contributed by atoms with Crippen molar-refractivity contribution >= 4 is 13.8 Å². The van der Waals surface area contributed by atoms with Crippen molar-refractivity contribution in [3.8, 4) is 0 Å². The first kappa shape index (κ1) is 26.6. The van der Waals surface area contributed by atoms with Gasteiger partial charge in [0.2, 0.25) is 0 Å².